The summed E-state index contributed by atoms with van der Waals surface area (Å²) in [6, 6.07) is 17.2. The van der Waals surface area contributed by atoms with Crippen molar-refractivity contribution in [1.82, 2.24) is 10.3 Å². The predicted molar refractivity (Wildman–Crippen MR) is 112 cm³/mol. The maximum atomic E-state index is 14.8. The molecular formula is C24H20FN3O. The largest absolute Gasteiger partial charge is 0.348 e. The molecule has 0 bridgehead atoms. The van der Waals surface area contributed by atoms with E-state index in [1.807, 2.05) is 36.1 Å². The average molecular weight is 385 g/mol. The van der Waals surface area contributed by atoms with Crippen molar-refractivity contribution in [2.24, 2.45) is 0 Å². The van der Waals surface area contributed by atoms with Crippen molar-refractivity contribution in [3.05, 3.63) is 83.4 Å². The molecule has 1 aliphatic rings. The zero-order valence-corrected chi connectivity index (χ0v) is 16.1. The van der Waals surface area contributed by atoms with Gasteiger partial charge in [-0.1, -0.05) is 24.1 Å². The van der Waals surface area contributed by atoms with E-state index < -0.39 is 5.82 Å². The van der Waals surface area contributed by atoms with Crippen LogP contribution >= 0.6 is 0 Å². The van der Waals surface area contributed by atoms with Gasteiger partial charge in [0.1, 0.15) is 5.82 Å². The van der Waals surface area contributed by atoms with Crippen molar-refractivity contribution < 1.29 is 9.18 Å². The Kier molecular flexibility index (Phi) is 5.26. The Morgan fingerprint density at radius 2 is 2.14 bits per heavy atom. The monoisotopic (exact) mass is 385 g/mol. The minimum atomic E-state index is -0.415. The van der Waals surface area contributed by atoms with E-state index in [0.717, 1.165) is 35.3 Å². The number of amides is 1. The van der Waals surface area contributed by atoms with Gasteiger partial charge in [-0.05, 0) is 60.4 Å². The van der Waals surface area contributed by atoms with Crippen molar-refractivity contribution >= 4 is 11.6 Å². The molecule has 0 atom stereocenters. The molecule has 1 aromatic heterocycles. The molecule has 0 saturated heterocycles. The fourth-order valence-electron chi connectivity index (χ4n) is 3.50. The Labute approximate surface area is 169 Å². The van der Waals surface area contributed by atoms with Gasteiger partial charge in [0.15, 0.2) is 0 Å². The molecule has 0 spiro atoms. The van der Waals surface area contributed by atoms with E-state index in [1.54, 1.807) is 30.6 Å². The van der Waals surface area contributed by atoms with Crippen LogP contribution in [0.4, 0.5) is 10.1 Å². The lowest BCUT2D eigenvalue weighted by atomic mass is 9.99. The highest BCUT2D eigenvalue weighted by molar-refractivity contribution is 5.94. The number of hydrogen-bond acceptors (Lipinski definition) is 3. The normalized spacial score (nSPS) is 12.1. The molecule has 0 radical (unpaired) electrons. The van der Waals surface area contributed by atoms with Crippen LogP contribution in [0.3, 0.4) is 0 Å². The van der Waals surface area contributed by atoms with E-state index in [4.69, 9.17) is 0 Å². The number of nitrogens with zero attached hydrogens (tertiary/aromatic N) is 2. The van der Waals surface area contributed by atoms with Crippen LogP contribution < -0.4 is 10.2 Å². The molecule has 144 valence electrons. The zero-order valence-electron chi connectivity index (χ0n) is 16.1. The number of halogens is 1. The Bertz CT molecular complexity index is 1120. The van der Waals surface area contributed by atoms with Crippen LogP contribution in [-0.2, 0) is 13.0 Å². The molecule has 3 aromatic rings. The van der Waals surface area contributed by atoms with Crippen molar-refractivity contribution in [2.75, 3.05) is 11.4 Å². The second-order valence-electron chi connectivity index (χ2n) is 6.85. The van der Waals surface area contributed by atoms with Crippen LogP contribution in [0.1, 0.15) is 28.4 Å². The predicted octanol–water partition coefficient (Wildman–Crippen LogP) is 4.16. The lowest BCUT2D eigenvalue weighted by Crippen LogP contribution is -2.22. The number of nitrogens with one attached hydrogen (secondary N) is 1. The Morgan fingerprint density at radius 1 is 1.24 bits per heavy atom. The van der Waals surface area contributed by atoms with Crippen LogP contribution in [0.15, 0.2) is 60.9 Å². The second kappa shape index (κ2) is 8.15. The summed E-state index contributed by atoms with van der Waals surface area (Å²) in [6.45, 7) is 3.01. The van der Waals surface area contributed by atoms with Gasteiger partial charge < -0.3 is 10.2 Å². The standard InChI is InChI=1S/C24H20FN3O/c1-2-11-28-12-9-19-13-18(6-8-23(19)28)21-7-5-20(14-22(21)25)24(29)27-16-17-4-3-10-26-15-17/h3-8,10,13-15H,9,12,16H2,1H3,(H,27,29). The van der Waals surface area contributed by atoms with Crippen LogP contribution in [-0.4, -0.2) is 17.4 Å². The van der Waals surface area contributed by atoms with Crippen molar-refractivity contribution in [3.63, 3.8) is 0 Å². The SMILES string of the molecule is CC#CN1CCc2cc(-c3ccc(C(=O)NCc4cccnc4)cc3F)ccc21. The quantitative estimate of drug-likeness (QED) is 0.686. The highest BCUT2D eigenvalue weighted by Gasteiger charge is 2.19. The Morgan fingerprint density at radius 3 is 2.90 bits per heavy atom. The highest BCUT2D eigenvalue weighted by atomic mass is 19.1. The van der Waals surface area contributed by atoms with Gasteiger partial charge in [0.25, 0.3) is 5.91 Å². The first-order chi connectivity index (χ1) is 14.2. The molecule has 5 heteroatoms. The lowest BCUT2D eigenvalue weighted by Gasteiger charge is -2.12. The summed E-state index contributed by atoms with van der Waals surface area (Å²) in [5.74, 6) is 2.19. The van der Waals surface area contributed by atoms with Gasteiger partial charge in [0.05, 0.1) is 5.69 Å². The zero-order chi connectivity index (χ0) is 20.2. The lowest BCUT2D eigenvalue weighted by molar-refractivity contribution is 0.0950. The smallest absolute Gasteiger partial charge is 0.251 e. The minimum absolute atomic E-state index is 0.292. The molecule has 4 nitrogen and oxygen atoms in total. The second-order valence-corrected chi connectivity index (χ2v) is 6.85. The summed E-state index contributed by atoms with van der Waals surface area (Å²) < 4.78 is 14.8. The van der Waals surface area contributed by atoms with Gasteiger partial charge in [-0.15, -0.1) is 0 Å². The molecule has 4 rings (SSSR count). The number of anilines is 1. The third kappa shape index (κ3) is 3.97. The number of pyridine rings is 1. The van der Waals surface area contributed by atoms with E-state index in [-0.39, 0.29) is 5.91 Å². The van der Waals surface area contributed by atoms with E-state index in [0.29, 0.717) is 17.7 Å². The maximum absolute atomic E-state index is 14.8. The first kappa shape index (κ1) is 18.7. The summed E-state index contributed by atoms with van der Waals surface area (Å²) in [5.41, 5.74) is 4.70. The summed E-state index contributed by atoms with van der Waals surface area (Å²) in [7, 11) is 0. The summed E-state index contributed by atoms with van der Waals surface area (Å²) >= 11 is 0. The Balaban J connectivity index is 1.52. The number of hydrogen-bond donors (Lipinski definition) is 1. The van der Waals surface area contributed by atoms with E-state index in [2.05, 4.69) is 22.3 Å². The molecule has 0 aliphatic carbocycles. The average Bonchev–Trinajstić information content (AvgIpc) is 3.15. The molecule has 0 saturated carbocycles. The summed E-state index contributed by atoms with van der Waals surface area (Å²) in [4.78, 5) is 18.4. The van der Waals surface area contributed by atoms with Crippen molar-refractivity contribution in [1.29, 1.82) is 0 Å². The molecule has 2 aromatic carbocycles. The maximum Gasteiger partial charge on any atom is 0.251 e. The fourth-order valence-corrected chi connectivity index (χ4v) is 3.50. The highest BCUT2D eigenvalue weighted by Crippen LogP contribution is 2.33. The molecule has 1 aliphatic heterocycles. The van der Waals surface area contributed by atoms with Crippen LogP contribution in [0.25, 0.3) is 11.1 Å². The van der Waals surface area contributed by atoms with Gasteiger partial charge in [0.2, 0.25) is 0 Å². The molecule has 0 unspecified atom stereocenters. The van der Waals surface area contributed by atoms with Crippen molar-refractivity contribution in [3.8, 4) is 23.1 Å². The van der Waals surface area contributed by atoms with Gasteiger partial charge in [-0.25, -0.2) is 4.39 Å². The summed E-state index contributed by atoms with van der Waals surface area (Å²) in [5, 5.41) is 2.79. The number of aromatic nitrogens is 1. The summed E-state index contributed by atoms with van der Waals surface area (Å²) in [6.07, 6.45) is 4.24. The third-order valence-electron chi connectivity index (χ3n) is 4.94. The molecule has 1 amide bonds. The first-order valence-electron chi connectivity index (χ1n) is 9.45. The van der Waals surface area contributed by atoms with Gasteiger partial charge in [0, 0.05) is 42.7 Å². The van der Waals surface area contributed by atoms with E-state index in [9.17, 15) is 9.18 Å². The topological polar surface area (TPSA) is 45.2 Å². The van der Waals surface area contributed by atoms with Gasteiger partial charge >= 0.3 is 0 Å². The fraction of sp³-hybridized carbons (Fsp3) is 0.167. The molecular weight excluding hydrogens is 365 g/mol. The third-order valence-corrected chi connectivity index (χ3v) is 4.94. The Hall–Kier alpha value is -3.65. The molecule has 1 N–H and O–H groups in total. The number of benzene rings is 2. The number of fused-ring (bicyclic) bond motifs is 1. The van der Waals surface area contributed by atoms with Crippen LogP contribution in [0.5, 0.6) is 0 Å². The first-order valence-corrected chi connectivity index (χ1v) is 9.45. The van der Waals surface area contributed by atoms with Gasteiger partial charge in [-0.2, -0.15) is 0 Å². The molecule has 2 heterocycles. The van der Waals surface area contributed by atoms with E-state index >= 15 is 0 Å². The van der Waals surface area contributed by atoms with Gasteiger partial charge in [-0.3, -0.25) is 9.78 Å². The number of rotatable bonds is 4. The number of carbonyl (C=O) groups excluding carboxylic acids is 1. The molecule has 0 fully saturated rings. The molecule has 29 heavy (non-hydrogen) atoms. The number of carbonyl (C=O) groups is 1. The van der Waals surface area contributed by atoms with E-state index in [1.165, 1.54) is 6.07 Å². The van der Waals surface area contributed by atoms with Crippen molar-refractivity contribution in [2.45, 2.75) is 19.9 Å². The van der Waals surface area contributed by atoms with Crippen LogP contribution in [0.2, 0.25) is 0 Å². The minimum Gasteiger partial charge on any atom is -0.348 e. The van der Waals surface area contributed by atoms with Crippen LogP contribution in [0, 0.1) is 17.8 Å².